The van der Waals surface area contributed by atoms with Gasteiger partial charge in [-0.05, 0) is 31.2 Å². The van der Waals surface area contributed by atoms with Gasteiger partial charge >= 0.3 is 0 Å². The Morgan fingerprint density at radius 1 is 1.32 bits per heavy atom. The number of amides is 1. The molecule has 4 heteroatoms. The van der Waals surface area contributed by atoms with Crippen molar-refractivity contribution in [3.63, 3.8) is 0 Å². The van der Waals surface area contributed by atoms with E-state index in [-0.39, 0.29) is 11.9 Å². The molecule has 0 saturated carbocycles. The Morgan fingerprint density at radius 2 is 1.95 bits per heavy atom. The second-order valence-corrected chi connectivity index (χ2v) is 5.14. The summed E-state index contributed by atoms with van der Waals surface area (Å²) in [5, 5.41) is 3.03. The predicted molar refractivity (Wildman–Crippen MR) is 74.5 cm³/mol. The zero-order chi connectivity index (χ0) is 13.7. The van der Waals surface area contributed by atoms with Crippen molar-refractivity contribution in [1.29, 1.82) is 0 Å². The molecule has 1 fully saturated rings. The molecule has 104 valence electrons. The van der Waals surface area contributed by atoms with E-state index in [1.165, 1.54) is 0 Å². The van der Waals surface area contributed by atoms with Gasteiger partial charge in [-0.3, -0.25) is 4.79 Å². The van der Waals surface area contributed by atoms with E-state index in [2.05, 4.69) is 5.32 Å². The highest BCUT2D eigenvalue weighted by Gasteiger charge is 2.24. The van der Waals surface area contributed by atoms with E-state index < -0.39 is 6.04 Å². The van der Waals surface area contributed by atoms with Gasteiger partial charge in [-0.2, -0.15) is 0 Å². The van der Waals surface area contributed by atoms with E-state index in [9.17, 15) is 4.79 Å². The Labute approximate surface area is 114 Å². The lowest BCUT2D eigenvalue weighted by atomic mass is 9.92. The lowest BCUT2D eigenvalue weighted by Gasteiger charge is -2.29. The average molecular weight is 262 g/mol. The van der Waals surface area contributed by atoms with E-state index in [0.29, 0.717) is 5.92 Å². The minimum atomic E-state index is -0.594. The number of hydrogen-bond acceptors (Lipinski definition) is 3. The minimum absolute atomic E-state index is 0.106. The summed E-state index contributed by atoms with van der Waals surface area (Å²) in [4.78, 5) is 12.1. The predicted octanol–water partition coefficient (Wildman–Crippen LogP) is 1.62. The number of ether oxygens (including phenoxy) is 1. The highest BCUT2D eigenvalue weighted by atomic mass is 16.5. The molecule has 2 atom stereocenters. The molecule has 1 aromatic carbocycles. The Bertz CT molecular complexity index is 402. The van der Waals surface area contributed by atoms with Gasteiger partial charge < -0.3 is 15.8 Å². The van der Waals surface area contributed by atoms with Crippen LogP contribution in [0.5, 0.6) is 0 Å². The lowest BCUT2D eigenvalue weighted by molar-refractivity contribution is -0.123. The summed E-state index contributed by atoms with van der Waals surface area (Å²) >= 11 is 0. The van der Waals surface area contributed by atoms with Crippen molar-refractivity contribution in [3.8, 4) is 0 Å². The van der Waals surface area contributed by atoms with E-state index >= 15 is 0 Å². The van der Waals surface area contributed by atoms with Gasteiger partial charge in [0.25, 0.3) is 0 Å². The van der Waals surface area contributed by atoms with Gasteiger partial charge in [0.1, 0.15) is 6.04 Å². The fraction of sp³-hybridized carbons (Fsp3) is 0.533. The largest absolute Gasteiger partial charge is 0.381 e. The van der Waals surface area contributed by atoms with Crippen LogP contribution in [0.2, 0.25) is 0 Å². The number of nitrogens with one attached hydrogen (secondary N) is 1. The van der Waals surface area contributed by atoms with Gasteiger partial charge in [-0.15, -0.1) is 0 Å². The SMILES string of the molecule is CC(NC(=O)[C@@H](N)c1ccccc1)C1CCOCC1. The normalized spacial score (nSPS) is 19.7. The first-order chi connectivity index (χ1) is 9.18. The Hall–Kier alpha value is -1.39. The summed E-state index contributed by atoms with van der Waals surface area (Å²) < 4.78 is 5.33. The Morgan fingerprint density at radius 3 is 2.58 bits per heavy atom. The first kappa shape index (κ1) is 14.0. The van der Waals surface area contributed by atoms with Gasteiger partial charge in [-0.25, -0.2) is 0 Å². The molecule has 19 heavy (non-hydrogen) atoms. The lowest BCUT2D eigenvalue weighted by Crippen LogP contribution is -2.44. The average Bonchev–Trinajstić information content (AvgIpc) is 2.48. The van der Waals surface area contributed by atoms with Crippen molar-refractivity contribution >= 4 is 5.91 Å². The van der Waals surface area contributed by atoms with Crippen molar-refractivity contribution in [2.24, 2.45) is 11.7 Å². The van der Waals surface area contributed by atoms with Gasteiger partial charge in [-0.1, -0.05) is 30.3 Å². The molecule has 0 bridgehead atoms. The molecule has 1 aliphatic rings. The number of rotatable bonds is 4. The van der Waals surface area contributed by atoms with E-state index in [1.807, 2.05) is 37.3 Å². The van der Waals surface area contributed by atoms with E-state index in [4.69, 9.17) is 10.5 Å². The molecule has 0 spiro atoms. The molecule has 4 nitrogen and oxygen atoms in total. The highest BCUT2D eigenvalue weighted by molar-refractivity contribution is 5.83. The fourth-order valence-corrected chi connectivity index (χ4v) is 2.46. The third-order valence-electron chi connectivity index (χ3n) is 3.78. The van der Waals surface area contributed by atoms with E-state index in [1.54, 1.807) is 0 Å². The molecular weight excluding hydrogens is 240 g/mol. The summed E-state index contributed by atoms with van der Waals surface area (Å²) in [5.41, 5.74) is 6.83. The van der Waals surface area contributed by atoms with Crippen LogP contribution in [-0.4, -0.2) is 25.2 Å². The van der Waals surface area contributed by atoms with Crippen molar-refractivity contribution < 1.29 is 9.53 Å². The standard InChI is InChI=1S/C15H22N2O2/c1-11(12-7-9-19-10-8-12)17-15(18)14(16)13-5-3-2-4-6-13/h2-6,11-12,14H,7-10,16H2,1H3,(H,17,18)/t11?,14-/m0/s1. The second kappa shape index (κ2) is 6.68. The van der Waals surface area contributed by atoms with E-state index in [0.717, 1.165) is 31.6 Å². The van der Waals surface area contributed by atoms with Gasteiger partial charge in [0.2, 0.25) is 5.91 Å². The number of carbonyl (C=O) groups excluding carboxylic acids is 1. The van der Waals surface area contributed by atoms with Crippen LogP contribution in [0.15, 0.2) is 30.3 Å². The summed E-state index contributed by atoms with van der Waals surface area (Å²) in [5.74, 6) is 0.380. The van der Waals surface area contributed by atoms with Crippen LogP contribution >= 0.6 is 0 Å². The van der Waals surface area contributed by atoms with Crippen LogP contribution in [-0.2, 0) is 9.53 Å². The van der Waals surface area contributed by atoms with Crippen LogP contribution in [0.1, 0.15) is 31.4 Å². The van der Waals surface area contributed by atoms with Crippen LogP contribution < -0.4 is 11.1 Å². The minimum Gasteiger partial charge on any atom is -0.381 e. The van der Waals surface area contributed by atoms with Crippen LogP contribution in [0.4, 0.5) is 0 Å². The van der Waals surface area contributed by atoms with Crippen LogP contribution in [0.3, 0.4) is 0 Å². The molecule has 0 aliphatic carbocycles. The maximum atomic E-state index is 12.1. The zero-order valence-corrected chi connectivity index (χ0v) is 11.3. The molecular formula is C15H22N2O2. The molecule has 1 heterocycles. The Balaban J connectivity index is 1.89. The van der Waals surface area contributed by atoms with Gasteiger partial charge in [0, 0.05) is 19.3 Å². The molecule has 3 N–H and O–H groups in total. The maximum absolute atomic E-state index is 12.1. The quantitative estimate of drug-likeness (QED) is 0.866. The summed E-state index contributed by atoms with van der Waals surface area (Å²) in [7, 11) is 0. The first-order valence-electron chi connectivity index (χ1n) is 6.87. The van der Waals surface area contributed by atoms with Crippen LogP contribution in [0, 0.1) is 5.92 Å². The monoisotopic (exact) mass is 262 g/mol. The molecule has 0 radical (unpaired) electrons. The second-order valence-electron chi connectivity index (χ2n) is 5.14. The summed E-state index contributed by atoms with van der Waals surface area (Å²) in [6.07, 6.45) is 2.00. The van der Waals surface area contributed by atoms with Crippen LogP contribution in [0.25, 0.3) is 0 Å². The molecule has 1 amide bonds. The molecule has 1 unspecified atom stereocenters. The van der Waals surface area contributed by atoms with Crippen molar-refractivity contribution in [2.75, 3.05) is 13.2 Å². The third kappa shape index (κ3) is 3.78. The molecule has 1 aromatic rings. The fourth-order valence-electron chi connectivity index (χ4n) is 2.46. The number of benzene rings is 1. The molecule has 1 saturated heterocycles. The zero-order valence-electron chi connectivity index (χ0n) is 11.3. The number of carbonyl (C=O) groups is 1. The number of nitrogens with two attached hydrogens (primary N) is 1. The molecule has 1 aliphatic heterocycles. The summed E-state index contributed by atoms with van der Waals surface area (Å²) in [6, 6.07) is 9.01. The summed E-state index contributed by atoms with van der Waals surface area (Å²) in [6.45, 7) is 3.62. The Kier molecular flexibility index (Phi) is 4.93. The topological polar surface area (TPSA) is 64.4 Å². The first-order valence-corrected chi connectivity index (χ1v) is 6.87. The van der Waals surface area contributed by atoms with Gasteiger partial charge in [0.05, 0.1) is 0 Å². The van der Waals surface area contributed by atoms with Gasteiger partial charge in [0.15, 0.2) is 0 Å². The van der Waals surface area contributed by atoms with Crippen molar-refractivity contribution in [1.82, 2.24) is 5.32 Å². The van der Waals surface area contributed by atoms with Crippen molar-refractivity contribution in [3.05, 3.63) is 35.9 Å². The molecule has 0 aromatic heterocycles. The maximum Gasteiger partial charge on any atom is 0.241 e. The third-order valence-corrected chi connectivity index (χ3v) is 3.78. The molecule has 2 rings (SSSR count). The highest BCUT2D eigenvalue weighted by Crippen LogP contribution is 2.19. The van der Waals surface area contributed by atoms with Crippen molar-refractivity contribution in [2.45, 2.75) is 31.8 Å². The smallest absolute Gasteiger partial charge is 0.241 e. The number of hydrogen-bond donors (Lipinski definition) is 2.